The van der Waals surface area contributed by atoms with E-state index in [1.807, 2.05) is 0 Å². The van der Waals surface area contributed by atoms with Crippen molar-refractivity contribution >= 4 is 15.5 Å². The van der Waals surface area contributed by atoms with E-state index >= 15 is 0 Å². The minimum absolute atomic E-state index is 0.0400. The molecule has 0 saturated heterocycles. The number of sulfone groups is 1. The quantitative estimate of drug-likeness (QED) is 0.810. The van der Waals surface area contributed by atoms with Crippen molar-refractivity contribution in [1.29, 1.82) is 0 Å². The predicted octanol–water partition coefficient (Wildman–Crippen LogP) is 1.62. The first kappa shape index (κ1) is 11.9. The van der Waals surface area contributed by atoms with E-state index in [1.54, 1.807) is 13.0 Å². The van der Waals surface area contributed by atoms with E-state index in [0.717, 1.165) is 0 Å². The number of para-hydroxylation sites is 1. The normalized spacial score (nSPS) is 12.0. The van der Waals surface area contributed by atoms with Gasteiger partial charge in [-0.15, -0.1) is 0 Å². The highest BCUT2D eigenvalue weighted by molar-refractivity contribution is 7.91. The molecule has 0 unspecified atom stereocenters. The minimum atomic E-state index is -3.99. The Bertz CT molecular complexity index is 457. The summed E-state index contributed by atoms with van der Waals surface area (Å²) in [5.74, 6) is -1.19. The molecule has 1 aromatic carbocycles. The van der Waals surface area contributed by atoms with E-state index in [9.17, 15) is 17.2 Å². The van der Waals surface area contributed by atoms with Crippen molar-refractivity contribution in [3.8, 4) is 0 Å². The third-order valence-corrected chi connectivity index (χ3v) is 3.68. The Morgan fingerprint density at radius 3 is 2.53 bits per heavy atom. The molecule has 6 heteroatoms. The van der Waals surface area contributed by atoms with Gasteiger partial charge in [0.1, 0.15) is 5.75 Å². The van der Waals surface area contributed by atoms with Gasteiger partial charge in [-0.25, -0.2) is 17.2 Å². The second-order valence-corrected chi connectivity index (χ2v) is 5.16. The van der Waals surface area contributed by atoms with Crippen LogP contribution in [-0.4, -0.2) is 20.6 Å². The summed E-state index contributed by atoms with van der Waals surface area (Å²) in [6.45, 7) is 1.62. The van der Waals surface area contributed by atoms with Gasteiger partial charge in [0, 0.05) is 0 Å². The molecule has 0 aliphatic heterocycles. The van der Waals surface area contributed by atoms with Crippen LogP contribution in [0.15, 0.2) is 23.1 Å². The molecule has 2 N–H and O–H groups in total. The van der Waals surface area contributed by atoms with Gasteiger partial charge in [-0.05, 0) is 18.6 Å². The van der Waals surface area contributed by atoms with Crippen molar-refractivity contribution in [2.24, 2.45) is 0 Å². The summed E-state index contributed by atoms with van der Waals surface area (Å²) in [6, 6.07) is 4.33. The molecule has 84 valence electrons. The third kappa shape index (κ3) is 2.65. The van der Waals surface area contributed by atoms with Crippen molar-refractivity contribution in [3.63, 3.8) is 0 Å². The second-order valence-electron chi connectivity index (χ2n) is 3.16. The Balaban J connectivity index is 3.22. The molecule has 15 heavy (non-hydrogen) atoms. The van der Waals surface area contributed by atoms with Crippen LogP contribution in [0.1, 0.15) is 5.56 Å². The zero-order valence-corrected chi connectivity index (χ0v) is 8.89. The summed E-state index contributed by atoms with van der Waals surface area (Å²) in [7, 11) is -3.99. The Labute approximate surface area is 86.8 Å². The molecule has 0 fully saturated rings. The van der Waals surface area contributed by atoms with Crippen LogP contribution in [0.4, 0.5) is 14.5 Å². The van der Waals surface area contributed by atoms with Gasteiger partial charge in [0.2, 0.25) is 0 Å². The standard InChI is InChI=1S/C9H11F2NO2S/c1-6-3-2-4-7(9(6)12)15(13,14)5-8(10)11/h2-4,8H,5,12H2,1H3. The zero-order valence-electron chi connectivity index (χ0n) is 8.07. The van der Waals surface area contributed by atoms with Crippen LogP contribution in [0, 0.1) is 6.92 Å². The molecule has 1 aromatic rings. The Morgan fingerprint density at radius 1 is 1.40 bits per heavy atom. The monoisotopic (exact) mass is 235 g/mol. The minimum Gasteiger partial charge on any atom is -0.397 e. The maximum Gasteiger partial charge on any atom is 0.252 e. The molecule has 0 aromatic heterocycles. The van der Waals surface area contributed by atoms with Crippen molar-refractivity contribution in [2.75, 3.05) is 11.5 Å². The molecule has 0 heterocycles. The summed E-state index contributed by atoms with van der Waals surface area (Å²) in [5, 5.41) is 0. The second kappa shape index (κ2) is 4.14. The lowest BCUT2D eigenvalue weighted by molar-refractivity contribution is 0.174. The summed E-state index contributed by atoms with van der Waals surface area (Å²) in [5.41, 5.74) is 6.12. The van der Waals surface area contributed by atoms with Crippen LogP contribution >= 0.6 is 0 Å². The van der Waals surface area contributed by atoms with Crippen molar-refractivity contribution in [1.82, 2.24) is 0 Å². The molecular formula is C9H11F2NO2S. The smallest absolute Gasteiger partial charge is 0.252 e. The lowest BCUT2D eigenvalue weighted by Gasteiger charge is -2.08. The largest absolute Gasteiger partial charge is 0.397 e. The van der Waals surface area contributed by atoms with Crippen LogP contribution in [-0.2, 0) is 9.84 Å². The van der Waals surface area contributed by atoms with Gasteiger partial charge in [0.25, 0.3) is 6.43 Å². The average Bonchev–Trinajstić information content (AvgIpc) is 2.07. The number of hydrogen-bond donors (Lipinski definition) is 1. The van der Waals surface area contributed by atoms with Crippen molar-refractivity contribution in [2.45, 2.75) is 18.2 Å². The highest BCUT2D eigenvalue weighted by Crippen LogP contribution is 2.23. The van der Waals surface area contributed by atoms with Gasteiger partial charge in [0.15, 0.2) is 9.84 Å². The topological polar surface area (TPSA) is 60.2 Å². The molecule has 0 saturated carbocycles. The van der Waals surface area contributed by atoms with E-state index in [4.69, 9.17) is 5.73 Å². The van der Waals surface area contributed by atoms with Gasteiger partial charge in [-0.3, -0.25) is 0 Å². The summed E-state index contributed by atoms with van der Waals surface area (Å²) in [6.07, 6.45) is -2.89. The predicted molar refractivity (Wildman–Crippen MR) is 53.6 cm³/mol. The first-order chi connectivity index (χ1) is 6.84. The molecule has 0 bridgehead atoms. The van der Waals surface area contributed by atoms with E-state index in [0.29, 0.717) is 5.56 Å². The number of anilines is 1. The number of aryl methyl sites for hydroxylation is 1. The third-order valence-electron chi connectivity index (χ3n) is 1.96. The van der Waals surface area contributed by atoms with Gasteiger partial charge in [0.05, 0.1) is 10.6 Å². The fraction of sp³-hybridized carbons (Fsp3) is 0.333. The lowest BCUT2D eigenvalue weighted by Crippen LogP contribution is -2.15. The Morgan fingerprint density at radius 2 is 2.00 bits per heavy atom. The van der Waals surface area contributed by atoms with Crippen molar-refractivity contribution in [3.05, 3.63) is 23.8 Å². The Kier molecular flexibility index (Phi) is 3.28. The first-order valence-corrected chi connectivity index (χ1v) is 5.86. The Hall–Kier alpha value is -1.17. The number of rotatable bonds is 3. The molecule has 0 radical (unpaired) electrons. The highest BCUT2D eigenvalue weighted by Gasteiger charge is 2.23. The first-order valence-electron chi connectivity index (χ1n) is 4.20. The van der Waals surface area contributed by atoms with Crippen LogP contribution in [0.5, 0.6) is 0 Å². The van der Waals surface area contributed by atoms with Crippen LogP contribution in [0.3, 0.4) is 0 Å². The fourth-order valence-electron chi connectivity index (χ4n) is 1.18. The molecule has 1 rings (SSSR count). The maximum atomic E-state index is 12.0. The number of hydrogen-bond acceptors (Lipinski definition) is 3. The van der Waals surface area contributed by atoms with Gasteiger partial charge in [-0.2, -0.15) is 0 Å². The van der Waals surface area contributed by atoms with Crippen LogP contribution in [0.2, 0.25) is 0 Å². The maximum absolute atomic E-state index is 12.0. The van der Waals surface area contributed by atoms with Gasteiger partial charge in [-0.1, -0.05) is 12.1 Å². The molecule has 0 spiro atoms. The number of alkyl halides is 2. The van der Waals surface area contributed by atoms with E-state index < -0.39 is 22.0 Å². The number of benzene rings is 1. The van der Waals surface area contributed by atoms with Crippen LogP contribution in [0.25, 0.3) is 0 Å². The summed E-state index contributed by atoms with van der Waals surface area (Å²) >= 11 is 0. The molecular weight excluding hydrogens is 224 g/mol. The summed E-state index contributed by atoms with van der Waals surface area (Å²) < 4.78 is 47.0. The molecule has 3 nitrogen and oxygen atoms in total. The number of halogens is 2. The zero-order chi connectivity index (χ0) is 11.6. The average molecular weight is 235 g/mol. The lowest BCUT2D eigenvalue weighted by atomic mass is 10.2. The molecule has 0 aliphatic rings. The molecule has 0 amide bonds. The van der Waals surface area contributed by atoms with E-state index in [-0.39, 0.29) is 10.6 Å². The summed E-state index contributed by atoms with van der Waals surface area (Å²) in [4.78, 5) is -0.220. The number of nitrogens with two attached hydrogens (primary N) is 1. The SMILES string of the molecule is Cc1cccc(S(=O)(=O)CC(F)F)c1N. The van der Waals surface area contributed by atoms with E-state index in [2.05, 4.69) is 0 Å². The molecule has 0 atom stereocenters. The van der Waals surface area contributed by atoms with Crippen LogP contribution < -0.4 is 5.73 Å². The van der Waals surface area contributed by atoms with Gasteiger partial charge < -0.3 is 5.73 Å². The fourth-order valence-corrected chi connectivity index (χ4v) is 2.47. The highest BCUT2D eigenvalue weighted by atomic mass is 32.2. The van der Waals surface area contributed by atoms with Gasteiger partial charge >= 0.3 is 0 Å². The number of nitrogen functional groups attached to an aromatic ring is 1. The van der Waals surface area contributed by atoms with Crippen molar-refractivity contribution < 1.29 is 17.2 Å². The van der Waals surface area contributed by atoms with E-state index in [1.165, 1.54) is 12.1 Å². The molecule has 0 aliphatic carbocycles.